The zero-order valence-electron chi connectivity index (χ0n) is 18.2. The van der Waals surface area contributed by atoms with Crippen molar-refractivity contribution in [2.24, 2.45) is 16.8 Å². The van der Waals surface area contributed by atoms with Crippen LogP contribution in [0.2, 0.25) is 0 Å². The monoisotopic (exact) mass is 381 g/mol. The molecule has 0 aromatic heterocycles. The lowest BCUT2D eigenvalue weighted by molar-refractivity contribution is 0.00752. The molecule has 0 bridgehead atoms. The van der Waals surface area contributed by atoms with Crippen molar-refractivity contribution in [2.45, 2.75) is 52.5 Å². The van der Waals surface area contributed by atoms with Crippen LogP contribution in [0.15, 0.2) is 4.99 Å². The molecule has 0 aromatic rings. The molecule has 0 aliphatic carbocycles. The zero-order chi connectivity index (χ0) is 19.5. The van der Waals surface area contributed by atoms with Gasteiger partial charge in [0.2, 0.25) is 0 Å². The van der Waals surface area contributed by atoms with Crippen molar-refractivity contribution in [1.29, 1.82) is 0 Å². The number of rotatable bonds is 9. The number of ether oxygens (including phenoxy) is 1. The number of hydrogen-bond donors (Lipinski definition) is 2. The van der Waals surface area contributed by atoms with Gasteiger partial charge in [0.25, 0.3) is 0 Å². The topological polar surface area (TPSA) is 52.1 Å². The Morgan fingerprint density at radius 3 is 2.59 bits per heavy atom. The maximum absolute atomic E-state index is 5.50. The number of piperidine rings is 1. The van der Waals surface area contributed by atoms with Gasteiger partial charge in [-0.15, -0.1) is 0 Å². The average Bonchev–Trinajstić information content (AvgIpc) is 2.67. The number of hydrogen-bond acceptors (Lipinski definition) is 4. The lowest BCUT2D eigenvalue weighted by Crippen LogP contribution is -2.52. The number of aliphatic imine (C=N–C) groups is 1. The summed E-state index contributed by atoms with van der Waals surface area (Å²) in [6, 6.07) is 0.522. The van der Waals surface area contributed by atoms with Gasteiger partial charge in [-0.1, -0.05) is 20.8 Å². The van der Waals surface area contributed by atoms with E-state index in [1.807, 2.05) is 7.05 Å². The van der Waals surface area contributed by atoms with Crippen LogP contribution >= 0.6 is 0 Å². The summed E-state index contributed by atoms with van der Waals surface area (Å²) in [6.07, 6.45) is 5.24. The van der Waals surface area contributed by atoms with Crippen LogP contribution in [0.4, 0.5) is 0 Å². The van der Waals surface area contributed by atoms with Gasteiger partial charge in [-0.25, -0.2) is 0 Å². The van der Waals surface area contributed by atoms with E-state index in [9.17, 15) is 0 Å². The highest BCUT2D eigenvalue weighted by Gasteiger charge is 2.23. The van der Waals surface area contributed by atoms with Gasteiger partial charge < -0.3 is 20.3 Å². The number of nitrogens with zero attached hydrogens (tertiary/aromatic N) is 3. The number of morpholine rings is 1. The normalized spacial score (nSPS) is 24.2. The standard InChI is InChI=1S/C21H43N5O/c1-18(2)20(26-12-14-27-15-13-26)16-24-21(22-4)23-9-5-6-10-25-11-7-8-19(3)17-25/h18-20H,5-17H2,1-4H3,(H2,22,23,24). The van der Waals surface area contributed by atoms with Crippen molar-refractivity contribution in [3.8, 4) is 0 Å². The number of nitrogens with one attached hydrogen (secondary N) is 2. The minimum atomic E-state index is 0.522. The Bertz CT molecular complexity index is 423. The molecule has 0 amide bonds. The molecule has 0 aromatic carbocycles. The third-order valence-corrected chi connectivity index (χ3v) is 5.92. The summed E-state index contributed by atoms with van der Waals surface area (Å²) in [6.45, 7) is 16.5. The second kappa shape index (κ2) is 12.6. The Morgan fingerprint density at radius 1 is 1.15 bits per heavy atom. The Morgan fingerprint density at radius 2 is 1.93 bits per heavy atom. The number of guanidine groups is 1. The van der Waals surface area contributed by atoms with E-state index in [2.05, 4.69) is 46.2 Å². The van der Waals surface area contributed by atoms with E-state index < -0.39 is 0 Å². The summed E-state index contributed by atoms with van der Waals surface area (Å²) in [5.41, 5.74) is 0. The van der Waals surface area contributed by atoms with E-state index in [0.717, 1.165) is 51.3 Å². The average molecular weight is 382 g/mol. The molecule has 27 heavy (non-hydrogen) atoms. The van der Waals surface area contributed by atoms with Crippen LogP contribution in [0.5, 0.6) is 0 Å². The van der Waals surface area contributed by atoms with Gasteiger partial charge in [-0.3, -0.25) is 9.89 Å². The van der Waals surface area contributed by atoms with Crippen LogP contribution in [0.25, 0.3) is 0 Å². The van der Waals surface area contributed by atoms with Crippen LogP contribution < -0.4 is 10.6 Å². The van der Waals surface area contributed by atoms with Gasteiger partial charge in [0.05, 0.1) is 13.2 Å². The number of likely N-dealkylation sites (tertiary alicyclic amines) is 1. The molecule has 2 rings (SSSR count). The predicted octanol–water partition coefficient (Wildman–Crippen LogP) is 2.02. The maximum atomic E-state index is 5.50. The third kappa shape index (κ3) is 8.36. The van der Waals surface area contributed by atoms with E-state index in [0.29, 0.717) is 12.0 Å². The SMILES string of the molecule is CN=C(NCCCCN1CCCC(C)C1)NCC(C(C)C)N1CCOCC1. The fraction of sp³-hybridized carbons (Fsp3) is 0.952. The third-order valence-electron chi connectivity index (χ3n) is 5.92. The summed E-state index contributed by atoms with van der Waals surface area (Å²) < 4.78 is 5.50. The second-order valence-electron chi connectivity index (χ2n) is 8.59. The lowest BCUT2D eigenvalue weighted by Gasteiger charge is -2.37. The summed E-state index contributed by atoms with van der Waals surface area (Å²) >= 11 is 0. The molecular weight excluding hydrogens is 338 g/mol. The molecule has 2 fully saturated rings. The van der Waals surface area contributed by atoms with Crippen LogP contribution in [0, 0.1) is 11.8 Å². The highest BCUT2D eigenvalue weighted by Crippen LogP contribution is 2.15. The van der Waals surface area contributed by atoms with Gasteiger partial charge in [-0.05, 0) is 50.6 Å². The van der Waals surface area contributed by atoms with Gasteiger partial charge in [0, 0.05) is 45.8 Å². The molecule has 0 spiro atoms. The molecule has 6 nitrogen and oxygen atoms in total. The second-order valence-corrected chi connectivity index (χ2v) is 8.59. The van der Waals surface area contributed by atoms with Crippen molar-refractivity contribution in [3.05, 3.63) is 0 Å². The van der Waals surface area contributed by atoms with Crippen LogP contribution in [0.1, 0.15) is 46.5 Å². The smallest absolute Gasteiger partial charge is 0.191 e. The number of unbranched alkanes of at least 4 members (excludes halogenated alkanes) is 1. The lowest BCUT2D eigenvalue weighted by atomic mass is 10.0. The predicted molar refractivity (Wildman–Crippen MR) is 114 cm³/mol. The summed E-state index contributed by atoms with van der Waals surface area (Å²) in [5, 5.41) is 7.03. The van der Waals surface area contributed by atoms with Gasteiger partial charge >= 0.3 is 0 Å². The first-order valence-corrected chi connectivity index (χ1v) is 11.1. The van der Waals surface area contributed by atoms with E-state index in [4.69, 9.17) is 4.74 Å². The quantitative estimate of drug-likeness (QED) is 0.364. The summed E-state index contributed by atoms with van der Waals surface area (Å²) in [5.74, 6) is 2.42. The van der Waals surface area contributed by atoms with Crippen molar-refractivity contribution in [1.82, 2.24) is 20.4 Å². The minimum absolute atomic E-state index is 0.522. The van der Waals surface area contributed by atoms with E-state index in [-0.39, 0.29) is 0 Å². The Balaban J connectivity index is 1.61. The van der Waals surface area contributed by atoms with E-state index in [1.165, 1.54) is 45.3 Å². The molecule has 2 unspecified atom stereocenters. The fourth-order valence-corrected chi connectivity index (χ4v) is 4.27. The Hall–Kier alpha value is -0.850. The van der Waals surface area contributed by atoms with E-state index in [1.54, 1.807) is 0 Å². The molecule has 2 saturated heterocycles. The molecule has 2 aliphatic rings. The molecule has 2 atom stereocenters. The van der Waals surface area contributed by atoms with Gasteiger partial charge in [-0.2, -0.15) is 0 Å². The van der Waals surface area contributed by atoms with E-state index >= 15 is 0 Å². The molecule has 158 valence electrons. The van der Waals surface area contributed by atoms with Crippen molar-refractivity contribution in [2.75, 3.05) is 66.1 Å². The van der Waals surface area contributed by atoms with Crippen molar-refractivity contribution < 1.29 is 4.74 Å². The molecule has 2 N–H and O–H groups in total. The maximum Gasteiger partial charge on any atom is 0.191 e. The van der Waals surface area contributed by atoms with Crippen LogP contribution in [-0.4, -0.2) is 87.9 Å². The zero-order valence-corrected chi connectivity index (χ0v) is 18.2. The highest BCUT2D eigenvalue weighted by molar-refractivity contribution is 5.79. The molecule has 0 saturated carbocycles. The first kappa shape index (κ1) is 22.4. The van der Waals surface area contributed by atoms with Crippen LogP contribution in [0.3, 0.4) is 0 Å². The largest absolute Gasteiger partial charge is 0.379 e. The summed E-state index contributed by atoms with van der Waals surface area (Å²) in [4.78, 5) is 9.59. The molecule has 2 aliphatic heterocycles. The van der Waals surface area contributed by atoms with Crippen molar-refractivity contribution in [3.63, 3.8) is 0 Å². The fourth-order valence-electron chi connectivity index (χ4n) is 4.27. The molecular formula is C21H43N5O. The Labute approximate surface area is 167 Å². The molecule has 6 heteroatoms. The van der Waals surface area contributed by atoms with Gasteiger partial charge in [0.1, 0.15) is 0 Å². The molecule has 2 heterocycles. The minimum Gasteiger partial charge on any atom is -0.379 e. The highest BCUT2D eigenvalue weighted by atomic mass is 16.5. The van der Waals surface area contributed by atoms with Crippen LogP contribution in [-0.2, 0) is 4.74 Å². The molecule has 0 radical (unpaired) electrons. The Kier molecular flexibility index (Phi) is 10.5. The van der Waals surface area contributed by atoms with Gasteiger partial charge in [0.15, 0.2) is 5.96 Å². The first-order chi connectivity index (χ1) is 13.1. The first-order valence-electron chi connectivity index (χ1n) is 11.1. The van der Waals surface area contributed by atoms with Crippen molar-refractivity contribution >= 4 is 5.96 Å². The summed E-state index contributed by atoms with van der Waals surface area (Å²) in [7, 11) is 1.86.